The number of aliphatic imine (C=N–C) groups is 1. The summed E-state index contributed by atoms with van der Waals surface area (Å²) in [6.45, 7) is 0. The van der Waals surface area contributed by atoms with E-state index in [0.29, 0.717) is 6.07 Å². The van der Waals surface area contributed by atoms with Crippen LogP contribution in [0.1, 0.15) is 5.56 Å². The van der Waals surface area contributed by atoms with E-state index >= 15 is 0 Å². The Labute approximate surface area is 138 Å². The first-order chi connectivity index (χ1) is 11.9. The van der Waals surface area contributed by atoms with E-state index < -0.39 is 46.4 Å². The van der Waals surface area contributed by atoms with Crippen molar-refractivity contribution >= 4 is 23.3 Å². The molecule has 2 aromatic rings. The van der Waals surface area contributed by atoms with Crippen LogP contribution < -0.4 is 0 Å². The highest BCUT2D eigenvalue weighted by atomic mass is 19.2. The number of hydrogen-bond acceptors (Lipinski definition) is 5. The van der Waals surface area contributed by atoms with E-state index in [1.54, 1.807) is 18.2 Å². The quantitative estimate of drug-likeness (QED) is 0.401. The van der Waals surface area contributed by atoms with Crippen LogP contribution in [0, 0.1) is 17.5 Å². The molecule has 1 heterocycles. The molecule has 0 radical (unpaired) electrons. The van der Waals surface area contributed by atoms with Gasteiger partial charge in [0.25, 0.3) is 0 Å². The summed E-state index contributed by atoms with van der Waals surface area (Å²) in [5, 5.41) is 9.78. The highest BCUT2D eigenvalue weighted by Crippen LogP contribution is 2.27. The Bertz CT molecular complexity index is 952. The number of cyclic esters (lactones) is 2. The van der Waals surface area contributed by atoms with Crippen LogP contribution >= 0.6 is 0 Å². The molecule has 8 heteroatoms. The third-order valence-electron chi connectivity index (χ3n) is 3.35. The maximum Gasteiger partial charge on any atom is 0.382 e. The number of esters is 2. The summed E-state index contributed by atoms with van der Waals surface area (Å²) in [5.74, 6) is -8.20. The van der Waals surface area contributed by atoms with Crippen LogP contribution in [-0.4, -0.2) is 22.8 Å². The van der Waals surface area contributed by atoms with Gasteiger partial charge in [-0.3, -0.25) is 0 Å². The van der Waals surface area contributed by atoms with Crippen molar-refractivity contribution in [3.05, 3.63) is 76.8 Å². The topological polar surface area (TPSA) is 76.0 Å². The monoisotopic (exact) mass is 347 g/mol. The van der Waals surface area contributed by atoms with E-state index in [4.69, 9.17) is 0 Å². The molecule has 0 fully saturated rings. The molecule has 1 aliphatic heterocycles. The Morgan fingerprint density at radius 3 is 2.20 bits per heavy atom. The van der Waals surface area contributed by atoms with E-state index in [2.05, 4.69) is 9.73 Å². The number of rotatable bonds is 3. The number of nitrogens with zero attached hydrogens (tertiary/aromatic N) is 1. The number of benzene rings is 2. The lowest BCUT2D eigenvalue weighted by atomic mass is 10.0. The van der Waals surface area contributed by atoms with Crippen LogP contribution in [0.15, 0.2) is 58.8 Å². The van der Waals surface area contributed by atoms with Gasteiger partial charge in [0.05, 0.1) is 5.71 Å². The summed E-state index contributed by atoms with van der Waals surface area (Å²) in [4.78, 5) is 27.0. The minimum absolute atomic E-state index is 0.222. The van der Waals surface area contributed by atoms with Crippen molar-refractivity contribution in [2.75, 3.05) is 0 Å². The van der Waals surface area contributed by atoms with Gasteiger partial charge in [-0.2, -0.15) is 0 Å². The summed E-state index contributed by atoms with van der Waals surface area (Å²) in [6.07, 6.45) is 0. The second kappa shape index (κ2) is 6.23. The third-order valence-corrected chi connectivity index (χ3v) is 3.35. The predicted octanol–water partition coefficient (Wildman–Crippen LogP) is 3.12. The van der Waals surface area contributed by atoms with Gasteiger partial charge in [-0.25, -0.2) is 27.8 Å². The summed E-state index contributed by atoms with van der Waals surface area (Å²) in [5.41, 5.74) is -1.32. The zero-order valence-corrected chi connectivity index (χ0v) is 12.3. The van der Waals surface area contributed by atoms with Crippen molar-refractivity contribution in [1.29, 1.82) is 0 Å². The molecule has 5 nitrogen and oxygen atoms in total. The molecule has 0 aromatic heterocycles. The first-order valence-electron chi connectivity index (χ1n) is 6.88. The molecular formula is C17H8F3NO4. The average Bonchev–Trinajstić information content (AvgIpc) is 2.86. The van der Waals surface area contributed by atoms with E-state index in [1.165, 1.54) is 12.1 Å². The Hall–Kier alpha value is -3.42. The molecule has 126 valence electrons. The zero-order chi connectivity index (χ0) is 18.1. The fraction of sp³-hybridized carbons (Fsp3) is 0. The molecular weight excluding hydrogens is 339 g/mol. The van der Waals surface area contributed by atoms with Crippen LogP contribution in [0.4, 0.5) is 18.9 Å². The van der Waals surface area contributed by atoms with E-state index in [9.17, 15) is 27.9 Å². The summed E-state index contributed by atoms with van der Waals surface area (Å²) in [6, 6.07) is 9.21. The number of aliphatic hydroxyl groups excluding tert-OH is 1. The van der Waals surface area contributed by atoms with Gasteiger partial charge in [-0.15, -0.1) is 0 Å². The van der Waals surface area contributed by atoms with Gasteiger partial charge >= 0.3 is 11.9 Å². The van der Waals surface area contributed by atoms with Crippen LogP contribution in [0.3, 0.4) is 0 Å². The van der Waals surface area contributed by atoms with Crippen LogP contribution in [0.25, 0.3) is 0 Å². The van der Waals surface area contributed by atoms with Crippen LogP contribution in [0.5, 0.6) is 0 Å². The van der Waals surface area contributed by atoms with E-state index in [-0.39, 0.29) is 11.3 Å². The predicted molar refractivity (Wildman–Crippen MR) is 79.7 cm³/mol. The summed E-state index contributed by atoms with van der Waals surface area (Å²) in [7, 11) is 0. The van der Waals surface area contributed by atoms with Crippen molar-refractivity contribution < 1.29 is 32.6 Å². The maximum atomic E-state index is 13.9. The maximum absolute atomic E-state index is 13.9. The van der Waals surface area contributed by atoms with Gasteiger partial charge in [0, 0.05) is 5.56 Å². The standard InChI is InChI=1S/C17H8F3NO4/c18-9-6-7-10(13(20)12(9)19)21-14(8-4-2-1-3-5-8)11-15(22)17(24)25-16(11)23/h1-7,22H. The molecule has 0 bridgehead atoms. The van der Waals surface area contributed by atoms with E-state index in [1.807, 2.05) is 0 Å². The Balaban J connectivity index is 2.25. The van der Waals surface area contributed by atoms with Gasteiger partial charge in [-0.05, 0) is 12.1 Å². The van der Waals surface area contributed by atoms with Crippen molar-refractivity contribution in [2.24, 2.45) is 4.99 Å². The molecule has 0 unspecified atom stereocenters. The van der Waals surface area contributed by atoms with Crippen LogP contribution in [-0.2, 0) is 14.3 Å². The molecule has 0 amide bonds. The Morgan fingerprint density at radius 2 is 1.60 bits per heavy atom. The fourth-order valence-corrected chi connectivity index (χ4v) is 2.17. The second-order valence-corrected chi connectivity index (χ2v) is 4.92. The second-order valence-electron chi connectivity index (χ2n) is 4.92. The zero-order valence-electron chi connectivity index (χ0n) is 12.3. The van der Waals surface area contributed by atoms with Gasteiger partial charge in [0.15, 0.2) is 17.5 Å². The SMILES string of the molecule is O=C1OC(=O)C(C(=Nc2ccc(F)c(F)c2F)c2ccccc2)=C1O. The number of ether oxygens (including phenoxy) is 1. The molecule has 3 rings (SSSR count). The highest BCUT2D eigenvalue weighted by molar-refractivity contribution is 6.33. The lowest BCUT2D eigenvalue weighted by molar-refractivity contribution is -0.152. The lowest BCUT2D eigenvalue weighted by Crippen LogP contribution is -2.13. The lowest BCUT2D eigenvalue weighted by Gasteiger charge is -2.07. The molecule has 0 spiro atoms. The fourth-order valence-electron chi connectivity index (χ4n) is 2.17. The van der Waals surface area contributed by atoms with Crippen molar-refractivity contribution in [2.45, 2.75) is 0 Å². The van der Waals surface area contributed by atoms with Crippen molar-refractivity contribution in [3.8, 4) is 0 Å². The largest absolute Gasteiger partial charge is 0.501 e. The van der Waals surface area contributed by atoms with Crippen molar-refractivity contribution in [3.63, 3.8) is 0 Å². The average molecular weight is 347 g/mol. The molecule has 0 atom stereocenters. The smallest absolute Gasteiger partial charge is 0.382 e. The minimum Gasteiger partial charge on any atom is -0.501 e. The first-order valence-corrected chi connectivity index (χ1v) is 6.88. The summed E-state index contributed by atoms with van der Waals surface area (Å²) < 4.78 is 44.7. The molecule has 25 heavy (non-hydrogen) atoms. The molecule has 0 saturated carbocycles. The Morgan fingerprint density at radius 1 is 0.920 bits per heavy atom. The molecule has 0 saturated heterocycles. The van der Waals surface area contributed by atoms with Gasteiger partial charge in [0.1, 0.15) is 11.3 Å². The number of hydrogen-bond donors (Lipinski definition) is 1. The van der Waals surface area contributed by atoms with Gasteiger partial charge < -0.3 is 9.84 Å². The first kappa shape index (κ1) is 16.4. The minimum atomic E-state index is -1.74. The van der Waals surface area contributed by atoms with Gasteiger partial charge in [0.2, 0.25) is 5.76 Å². The normalized spacial score (nSPS) is 14.9. The van der Waals surface area contributed by atoms with Crippen molar-refractivity contribution in [1.82, 2.24) is 0 Å². The number of carbonyl (C=O) groups excluding carboxylic acids is 2. The molecule has 1 N–H and O–H groups in total. The Kier molecular flexibility index (Phi) is 4.10. The van der Waals surface area contributed by atoms with Gasteiger partial charge in [-0.1, -0.05) is 30.3 Å². The molecule has 1 aliphatic rings. The third kappa shape index (κ3) is 2.89. The summed E-state index contributed by atoms with van der Waals surface area (Å²) >= 11 is 0. The number of halogens is 3. The number of carbonyl (C=O) groups is 2. The number of aliphatic hydroxyl groups is 1. The molecule has 0 aliphatic carbocycles. The van der Waals surface area contributed by atoms with Crippen LogP contribution in [0.2, 0.25) is 0 Å². The molecule has 2 aromatic carbocycles. The van der Waals surface area contributed by atoms with E-state index in [0.717, 1.165) is 6.07 Å². The highest BCUT2D eigenvalue weighted by Gasteiger charge is 2.37.